The van der Waals surface area contributed by atoms with Crippen LogP contribution in [0.2, 0.25) is 0 Å². The third-order valence-corrected chi connectivity index (χ3v) is 3.40. The summed E-state index contributed by atoms with van der Waals surface area (Å²) in [6, 6.07) is 1.57. The van der Waals surface area contributed by atoms with Gasteiger partial charge in [-0.2, -0.15) is 13.2 Å². The first kappa shape index (κ1) is 12.0. The van der Waals surface area contributed by atoms with Gasteiger partial charge in [0.15, 0.2) is 14.9 Å². The van der Waals surface area contributed by atoms with Crippen molar-refractivity contribution in [2.24, 2.45) is 0 Å². The molecule has 7 heteroatoms. The highest BCUT2D eigenvalue weighted by Gasteiger charge is 2.31. The van der Waals surface area contributed by atoms with Crippen molar-refractivity contribution in [2.45, 2.75) is 18.1 Å². The Labute approximate surface area is 84.9 Å². The van der Waals surface area contributed by atoms with E-state index in [0.29, 0.717) is 12.3 Å². The van der Waals surface area contributed by atoms with Crippen molar-refractivity contribution in [3.8, 4) is 0 Å². The number of pyridine rings is 1. The Morgan fingerprint density at radius 1 is 1.33 bits per heavy atom. The van der Waals surface area contributed by atoms with Gasteiger partial charge in [0.1, 0.15) is 0 Å². The van der Waals surface area contributed by atoms with Gasteiger partial charge in [-0.1, -0.05) is 6.92 Å². The van der Waals surface area contributed by atoms with E-state index in [9.17, 15) is 21.6 Å². The quantitative estimate of drug-likeness (QED) is 0.791. The molecule has 15 heavy (non-hydrogen) atoms. The lowest BCUT2D eigenvalue weighted by atomic mass is 10.3. The number of sulfone groups is 1. The Balaban J connectivity index is 3.12. The van der Waals surface area contributed by atoms with Crippen LogP contribution in [0.15, 0.2) is 23.4 Å². The van der Waals surface area contributed by atoms with Gasteiger partial charge >= 0.3 is 6.18 Å². The Morgan fingerprint density at radius 2 is 1.93 bits per heavy atom. The van der Waals surface area contributed by atoms with E-state index in [-0.39, 0.29) is 10.8 Å². The number of halogens is 3. The van der Waals surface area contributed by atoms with Crippen LogP contribution in [-0.4, -0.2) is 19.2 Å². The molecule has 0 bridgehead atoms. The molecular formula is C8H8F3NO2S. The lowest BCUT2D eigenvalue weighted by Gasteiger charge is -2.06. The molecule has 1 aromatic heterocycles. The first-order valence-electron chi connectivity index (χ1n) is 4.03. The molecule has 0 N–H and O–H groups in total. The van der Waals surface area contributed by atoms with Gasteiger partial charge in [-0.3, -0.25) is 0 Å². The summed E-state index contributed by atoms with van der Waals surface area (Å²) in [5.41, 5.74) is -0.961. The van der Waals surface area contributed by atoms with Gasteiger partial charge < -0.3 is 0 Å². The molecule has 0 unspecified atom stereocenters. The molecule has 1 rings (SSSR count). The lowest BCUT2D eigenvalue weighted by Crippen LogP contribution is -2.09. The molecule has 84 valence electrons. The summed E-state index contributed by atoms with van der Waals surface area (Å²) in [5.74, 6) is -0.189. The predicted molar refractivity (Wildman–Crippen MR) is 47.0 cm³/mol. The average Bonchev–Trinajstić information content (AvgIpc) is 2.17. The van der Waals surface area contributed by atoms with Crippen LogP contribution in [0, 0.1) is 0 Å². The smallest absolute Gasteiger partial charge is 0.244 e. The molecule has 0 aromatic carbocycles. The normalized spacial score (nSPS) is 12.8. The van der Waals surface area contributed by atoms with E-state index < -0.39 is 21.6 Å². The molecule has 0 radical (unpaired) electrons. The van der Waals surface area contributed by atoms with Crippen LogP contribution < -0.4 is 0 Å². The Hall–Kier alpha value is -1.11. The molecule has 0 fully saturated rings. The van der Waals surface area contributed by atoms with E-state index in [0.717, 1.165) is 6.07 Å². The number of hydrogen-bond donors (Lipinski definition) is 0. The summed E-state index contributed by atoms with van der Waals surface area (Å²) in [5, 5.41) is -0.335. The van der Waals surface area contributed by atoms with Crippen LogP contribution in [0.4, 0.5) is 13.2 Å². The maximum absolute atomic E-state index is 12.1. The van der Waals surface area contributed by atoms with Gasteiger partial charge in [0, 0.05) is 6.20 Å². The van der Waals surface area contributed by atoms with Crippen LogP contribution in [-0.2, 0) is 16.0 Å². The van der Waals surface area contributed by atoms with Crippen molar-refractivity contribution < 1.29 is 21.6 Å². The fourth-order valence-corrected chi connectivity index (χ4v) is 1.66. The van der Waals surface area contributed by atoms with Crippen molar-refractivity contribution >= 4 is 9.84 Å². The van der Waals surface area contributed by atoms with E-state index in [1.165, 1.54) is 6.92 Å². The third-order valence-electron chi connectivity index (χ3n) is 1.76. The number of alkyl halides is 3. The minimum atomic E-state index is -4.50. The van der Waals surface area contributed by atoms with Crippen LogP contribution in [0.25, 0.3) is 0 Å². The SMILES string of the molecule is CCS(=O)(=O)c1ccc(C(F)(F)F)cn1. The fourth-order valence-electron chi connectivity index (χ4n) is 0.880. The van der Waals surface area contributed by atoms with Crippen LogP contribution >= 0.6 is 0 Å². The highest BCUT2D eigenvalue weighted by atomic mass is 32.2. The molecule has 3 nitrogen and oxygen atoms in total. The maximum Gasteiger partial charge on any atom is 0.417 e. The number of hydrogen-bond acceptors (Lipinski definition) is 3. The number of nitrogens with zero attached hydrogens (tertiary/aromatic N) is 1. The first-order chi connectivity index (χ1) is 6.77. The average molecular weight is 239 g/mol. The van der Waals surface area contributed by atoms with Gasteiger partial charge in [-0.25, -0.2) is 13.4 Å². The highest BCUT2D eigenvalue weighted by Crippen LogP contribution is 2.28. The number of aromatic nitrogens is 1. The van der Waals surface area contributed by atoms with Crippen molar-refractivity contribution in [3.05, 3.63) is 23.9 Å². The monoisotopic (exact) mass is 239 g/mol. The fraction of sp³-hybridized carbons (Fsp3) is 0.375. The van der Waals surface area contributed by atoms with E-state index in [2.05, 4.69) is 4.98 Å². The van der Waals surface area contributed by atoms with E-state index >= 15 is 0 Å². The summed E-state index contributed by atoms with van der Waals surface area (Å²) >= 11 is 0. The predicted octanol–water partition coefficient (Wildman–Crippen LogP) is 1.89. The molecule has 0 aliphatic carbocycles. The van der Waals surface area contributed by atoms with Gasteiger partial charge in [0.2, 0.25) is 0 Å². The van der Waals surface area contributed by atoms with Crippen LogP contribution in [0.3, 0.4) is 0 Å². The third kappa shape index (κ3) is 2.68. The summed E-state index contributed by atoms with van der Waals surface area (Å²) in [4.78, 5) is 3.28. The van der Waals surface area contributed by atoms with Crippen molar-refractivity contribution in [2.75, 3.05) is 5.75 Å². The molecule has 1 heterocycles. The lowest BCUT2D eigenvalue weighted by molar-refractivity contribution is -0.137. The summed E-state index contributed by atoms with van der Waals surface area (Å²) in [6.45, 7) is 1.40. The first-order valence-corrected chi connectivity index (χ1v) is 5.68. The van der Waals surface area contributed by atoms with Crippen molar-refractivity contribution in [1.82, 2.24) is 4.98 Å². The topological polar surface area (TPSA) is 47.0 Å². The minimum Gasteiger partial charge on any atom is -0.244 e. The molecule has 0 saturated heterocycles. The van der Waals surface area contributed by atoms with Crippen LogP contribution in [0.1, 0.15) is 12.5 Å². The molecule has 0 aliphatic rings. The van der Waals surface area contributed by atoms with Gasteiger partial charge in [0.05, 0.1) is 11.3 Å². The summed E-state index contributed by atoms with van der Waals surface area (Å²) in [7, 11) is -3.54. The second-order valence-corrected chi connectivity index (χ2v) is 5.01. The zero-order valence-electron chi connectivity index (χ0n) is 7.75. The highest BCUT2D eigenvalue weighted by molar-refractivity contribution is 7.91. The van der Waals surface area contributed by atoms with E-state index in [1.54, 1.807) is 0 Å². The van der Waals surface area contributed by atoms with E-state index in [4.69, 9.17) is 0 Å². The Bertz CT molecular complexity index is 436. The largest absolute Gasteiger partial charge is 0.417 e. The number of rotatable bonds is 2. The van der Waals surface area contributed by atoms with Gasteiger partial charge in [0.25, 0.3) is 0 Å². The second-order valence-electron chi connectivity index (χ2n) is 2.79. The molecular weight excluding hydrogens is 231 g/mol. The molecule has 0 saturated carbocycles. The minimum absolute atomic E-state index is 0.189. The van der Waals surface area contributed by atoms with Crippen molar-refractivity contribution in [3.63, 3.8) is 0 Å². The molecule has 0 spiro atoms. The summed E-state index contributed by atoms with van der Waals surface area (Å²) < 4.78 is 58.8. The zero-order chi connectivity index (χ0) is 11.7. The maximum atomic E-state index is 12.1. The van der Waals surface area contributed by atoms with Crippen LogP contribution in [0.5, 0.6) is 0 Å². The summed E-state index contributed by atoms with van der Waals surface area (Å²) in [6.07, 6.45) is -3.98. The zero-order valence-corrected chi connectivity index (χ0v) is 8.56. The molecule has 0 aliphatic heterocycles. The molecule has 0 atom stereocenters. The standard InChI is InChI=1S/C8H8F3NO2S/c1-2-15(13,14)7-4-3-6(5-12-7)8(9,10)11/h3-5H,2H2,1H3. The van der Waals surface area contributed by atoms with E-state index in [1.807, 2.05) is 0 Å². The van der Waals surface area contributed by atoms with Crippen molar-refractivity contribution in [1.29, 1.82) is 0 Å². The Kier molecular flexibility index (Phi) is 3.03. The molecule has 0 amide bonds. The Morgan fingerprint density at radius 3 is 2.27 bits per heavy atom. The van der Waals surface area contributed by atoms with Gasteiger partial charge in [-0.05, 0) is 12.1 Å². The molecule has 1 aromatic rings. The second kappa shape index (κ2) is 3.80. The van der Waals surface area contributed by atoms with Gasteiger partial charge in [-0.15, -0.1) is 0 Å².